The van der Waals surface area contributed by atoms with Gasteiger partial charge in [-0.05, 0) is 99.0 Å². The van der Waals surface area contributed by atoms with Gasteiger partial charge in [0.05, 0.1) is 6.04 Å². The monoisotopic (exact) mass is 688 g/mol. The Bertz CT molecular complexity index is 3070. The van der Waals surface area contributed by atoms with Gasteiger partial charge in [0, 0.05) is 11.3 Å². The van der Waals surface area contributed by atoms with Gasteiger partial charge in [-0.15, -0.1) is 0 Å². The van der Waals surface area contributed by atoms with E-state index in [1.165, 1.54) is 92.5 Å². The van der Waals surface area contributed by atoms with E-state index in [1.807, 2.05) is 0 Å². The molecule has 2 atom stereocenters. The molecule has 0 aliphatic carbocycles. The van der Waals surface area contributed by atoms with Crippen LogP contribution in [0.3, 0.4) is 0 Å². The summed E-state index contributed by atoms with van der Waals surface area (Å²) in [6.07, 6.45) is 2.31. The summed E-state index contributed by atoms with van der Waals surface area (Å²) in [5.41, 5.74) is 7.31. The highest BCUT2D eigenvalue weighted by Gasteiger charge is 2.28. The summed E-state index contributed by atoms with van der Waals surface area (Å²) in [6, 6.07) is 68.8. The predicted molar refractivity (Wildman–Crippen MR) is 230 cm³/mol. The summed E-state index contributed by atoms with van der Waals surface area (Å²) in [4.78, 5) is 0. The van der Waals surface area contributed by atoms with E-state index in [2.05, 4.69) is 205 Å². The van der Waals surface area contributed by atoms with Gasteiger partial charge in [0.2, 0.25) is 0 Å². The van der Waals surface area contributed by atoms with E-state index in [-0.39, 0.29) is 12.2 Å². The van der Waals surface area contributed by atoms with Crippen LogP contribution in [-0.4, -0.2) is 0 Å². The van der Waals surface area contributed by atoms with Crippen molar-refractivity contribution in [3.8, 4) is 11.1 Å². The van der Waals surface area contributed by atoms with Crippen molar-refractivity contribution in [2.75, 3.05) is 0 Å². The number of hydrogen-bond donors (Lipinski definition) is 2. The average Bonchev–Trinajstić information content (AvgIpc) is 3.25. The summed E-state index contributed by atoms with van der Waals surface area (Å²) in [5.74, 6) is 0. The maximum Gasteiger partial charge on any atom is 0.104 e. The Morgan fingerprint density at radius 3 is 1.56 bits per heavy atom. The molecule has 54 heavy (non-hydrogen) atoms. The standard InChI is InChI=1S/C52H36N2/c1-3-16-34(17-4-1)49-43-25-13-14-26-44(43)50(45-30-27-33-15-7-8-20-37(33)51(45)49)48-32-47(53-52(54-48)35-18-5-2-6-19-35)36-28-29-42-40-23-10-9-21-38(40)39-22-11-12-24-41(39)46(42)31-36/h1-32,47,52-54H. The zero-order chi connectivity index (χ0) is 35.6. The molecular formula is C52H36N2. The second kappa shape index (κ2) is 12.4. The van der Waals surface area contributed by atoms with Crippen LogP contribution < -0.4 is 10.6 Å². The molecular weight excluding hydrogens is 653 g/mol. The molecule has 2 heteroatoms. The fourth-order valence-corrected chi connectivity index (χ4v) is 9.07. The first kappa shape index (κ1) is 30.8. The molecule has 0 aromatic heterocycles. The highest BCUT2D eigenvalue weighted by Crippen LogP contribution is 2.46. The Balaban J connectivity index is 1.20. The van der Waals surface area contributed by atoms with Gasteiger partial charge >= 0.3 is 0 Å². The molecule has 0 bridgehead atoms. The van der Waals surface area contributed by atoms with Gasteiger partial charge in [-0.2, -0.15) is 0 Å². The van der Waals surface area contributed by atoms with Crippen molar-refractivity contribution in [1.82, 2.24) is 10.6 Å². The molecule has 0 saturated heterocycles. The van der Waals surface area contributed by atoms with Crippen LogP contribution in [0.4, 0.5) is 0 Å². The van der Waals surface area contributed by atoms with Gasteiger partial charge < -0.3 is 5.32 Å². The normalized spacial score (nSPS) is 16.0. The fourth-order valence-electron chi connectivity index (χ4n) is 9.07. The lowest BCUT2D eigenvalue weighted by molar-refractivity contribution is 0.443. The van der Waals surface area contributed by atoms with Crippen LogP contribution in [0.25, 0.3) is 81.5 Å². The molecule has 10 aromatic carbocycles. The van der Waals surface area contributed by atoms with E-state index >= 15 is 0 Å². The lowest BCUT2D eigenvalue weighted by Crippen LogP contribution is -2.39. The molecule has 0 spiro atoms. The van der Waals surface area contributed by atoms with Crippen LogP contribution in [0.1, 0.15) is 28.9 Å². The second-order valence-corrected chi connectivity index (χ2v) is 14.5. The summed E-state index contributed by atoms with van der Waals surface area (Å²) in [6.45, 7) is 0. The maximum absolute atomic E-state index is 4.02. The Morgan fingerprint density at radius 1 is 0.352 bits per heavy atom. The zero-order valence-corrected chi connectivity index (χ0v) is 29.6. The summed E-state index contributed by atoms with van der Waals surface area (Å²) < 4.78 is 0. The minimum absolute atomic E-state index is 0.0517. The third kappa shape index (κ3) is 4.85. The largest absolute Gasteiger partial charge is 0.366 e. The molecule has 1 aliphatic heterocycles. The Morgan fingerprint density at radius 2 is 0.870 bits per heavy atom. The Hall–Kier alpha value is -6.74. The molecule has 2 N–H and O–H groups in total. The fraction of sp³-hybridized carbons (Fsp3) is 0.0385. The summed E-state index contributed by atoms with van der Waals surface area (Å²) in [5, 5.41) is 23.3. The minimum atomic E-state index is -0.108. The lowest BCUT2D eigenvalue weighted by atomic mass is 9.84. The van der Waals surface area contributed by atoms with E-state index in [9.17, 15) is 0 Å². The number of rotatable bonds is 4. The van der Waals surface area contributed by atoms with E-state index in [4.69, 9.17) is 0 Å². The van der Waals surface area contributed by atoms with Crippen molar-refractivity contribution >= 4 is 70.3 Å². The van der Waals surface area contributed by atoms with Crippen molar-refractivity contribution in [2.24, 2.45) is 0 Å². The topological polar surface area (TPSA) is 24.1 Å². The van der Waals surface area contributed by atoms with Crippen molar-refractivity contribution < 1.29 is 0 Å². The van der Waals surface area contributed by atoms with Crippen LogP contribution in [0, 0.1) is 0 Å². The molecule has 10 aromatic rings. The van der Waals surface area contributed by atoms with Crippen molar-refractivity contribution in [3.63, 3.8) is 0 Å². The van der Waals surface area contributed by atoms with Crippen LogP contribution in [0.5, 0.6) is 0 Å². The first-order chi connectivity index (χ1) is 26.8. The molecule has 2 unspecified atom stereocenters. The highest BCUT2D eigenvalue weighted by molar-refractivity contribution is 6.27. The van der Waals surface area contributed by atoms with Crippen molar-refractivity contribution in [2.45, 2.75) is 12.2 Å². The van der Waals surface area contributed by atoms with Gasteiger partial charge in [0.1, 0.15) is 6.17 Å². The summed E-state index contributed by atoms with van der Waals surface area (Å²) in [7, 11) is 0. The van der Waals surface area contributed by atoms with Gasteiger partial charge in [-0.1, -0.05) is 182 Å². The molecule has 1 aliphatic rings. The molecule has 11 rings (SSSR count). The second-order valence-electron chi connectivity index (χ2n) is 14.5. The lowest BCUT2D eigenvalue weighted by Gasteiger charge is -2.34. The van der Waals surface area contributed by atoms with Gasteiger partial charge in [-0.3, -0.25) is 5.32 Å². The molecule has 0 radical (unpaired) electrons. The Labute approximate surface area is 314 Å². The number of hydrogen-bond acceptors (Lipinski definition) is 2. The van der Waals surface area contributed by atoms with Crippen LogP contribution in [0.15, 0.2) is 194 Å². The molecule has 0 amide bonds. The first-order valence-electron chi connectivity index (χ1n) is 18.8. The molecule has 254 valence electrons. The maximum atomic E-state index is 4.02. The van der Waals surface area contributed by atoms with Gasteiger partial charge in [-0.25, -0.2) is 0 Å². The third-order valence-electron chi connectivity index (χ3n) is 11.5. The highest BCUT2D eigenvalue weighted by atomic mass is 15.2. The molecule has 0 saturated carbocycles. The summed E-state index contributed by atoms with van der Waals surface area (Å²) >= 11 is 0. The number of nitrogens with one attached hydrogen (secondary N) is 2. The average molecular weight is 689 g/mol. The number of benzene rings is 10. The van der Waals surface area contributed by atoms with Crippen molar-refractivity contribution in [3.05, 3.63) is 211 Å². The quantitative estimate of drug-likeness (QED) is 0.142. The van der Waals surface area contributed by atoms with Crippen LogP contribution in [-0.2, 0) is 0 Å². The van der Waals surface area contributed by atoms with E-state index in [0.717, 1.165) is 5.70 Å². The Kier molecular flexibility index (Phi) is 7.11. The van der Waals surface area contributed by atoms with Gasteiger partial charge in [0.15, 0.2) is 0 Å². The molecule has 0 fully saturated rings. The molecule has 1 heterocycles. The van der Waals surface area contributed by atoms with E-state index < -0.39 is 0 Å². The zero-order valence-electron chi connectivity index (χ0n) is 29.6. The van der Waals surface area contributed by atoms with E-state index in [1.54, 1.807) is 0 Å². The number of fused-ring (bicyclic) bond motifs is 10. The molecule has 2 nitrogen and oxygen atoms in total. The van der Waals surface area contributed by atoms with Gasteiger partial charge in [0.25, 0.3) is 0 Å². The van der Waals surface area contributed by atoms with Crippen molar-refractivity contribution in [1.29, 1.82) is 0 Å². The first-order valence-corrected chi connectivity index (χ1v) is 18.8. The smallest absolute Gasteiger partial charge is 0.104 e. The SMILES string of the molecule is C1=C(c2c3ccccc3c(-c3ccccc3)c3c2ccc2ccccc23)NC(c2ccccc2)NC1c1ccc2c3ccccc3c3ccccc3c2c1. The third-order valence-corrected chi connectivity index (χ3v) is 11.5. The van der Waals surface area contributed by atoms with Crippen LogP contribution >= 0.6 is 0 Å². The predicted octanol–water partition coefficient (Wildman–Crippen LogP) is 13.2. The van der Waals surface area contributed by atoms with Crippen LogP contribution in [0.2, 0.25) is 0 Å². The van der Waals surface area contributed by atoms with E-state index in [0.29, 0.717) is 0 Å². The minimum Gasteiger partial charge on any atom is -0.366 e.